The van der Waals surface area contributed by atoms with Crippen molar-refractivity contribution in [2.24, 2.45) is 11.3 Å². The number of anilines is 1. The molecule has 4 rings (SSSR count). The number of hydrogen-bond donors (Lipinski definition) is 4. The van der Waals surface area contributed by atoms with Crippen LogP contribution in [0.1, 0.15) is 12.5 Å². The van der Waals surface area contributed by atoms with Crippen LogP contribution in [0.15, 0.2) is 12.7 Å². The van der Waals surface area contributed by atoms with Crippen LogP contribution in [-0.2, 0) is 0 Å². The van der Waals surface area contributed by atoms with Gasteiger partial charge in [0.25, 0.3) is 0 Å². The molecular weight excluding hydrogens is 293 g/mol. The van der Waals surface area contributed by atoms with Crippen LogP contribution in [0.25, 0.3) is 11.2 Å². The molecule has 0 aromatic carbocycles. The Balaban J connectivity index is 1.89. The van der Waals surface area contributed by atoms with Gasteiger partial charge < -0.3 is 25.6 Å². The first-order valence-corrected chi connectivity index (χ1v) is 7.00. The maximum atomic E-state index is 13.6. The summed E-state index contributed by atoms with van der Waals surface area (Å²) >= 11 is 0. The molecule has 0 amide bonds. The number of rotatable bonds is 3. The standard InChI is InChI=1S/C13H16FN5O3/c14-2-13(22)8(6-1-12(6,3-20)11(13)21)19-5-18-7-9(15)16-4-17-10(7)19/h4-6,8,11,20-22H,1-3H2,(H2,15,16,17)/t6?,8-,11?,12+,13?/m1/s1. The Kier molecular flexibility index (Phi) is 2.58. The molecule has 0 aliphatic heterocycles. The van der Waals surface area contributed by atoms with Gasteiger partial charge in [0, 0.05) is 5.41 Å². The van der Waals surface area contributed by atoms with Crippen LogP contribution in [0.5, 0.6) is 0 Å². The molecule has 2 fully saturated rings. The zero-order valence-electron chi connectivity index (χ0n) is 11.6. The Labute approximate surface area is 124 Å². The van der Waals surface area contributed by atoms with Crippen LogP contribution in [-0.4, -0.2) is 59.8 Å². The van der Waals surface area contributed by atoms with Gasteiger partial charge in [-0.1, -0.05) is 0 Å². The number of aliphatic hydroxyl groups is 3. The molecule has 2 aromatic heterocycles. The third-order valence-corrected chi connectivity index (χ3v) is 5.28. The predicted molar refractivity (Wildman–Crippen MR) is 73.3 cm³/mol. The van der Waals surface area contributed by atoms with Gasteiger partial charge in [0.05, 0.1) is 25.1 Å². The van der Waals surface area contributed by atoms with Crippen molar-refractivity contribution >= 4 is 17.0 Å². The lowest BCUT2D eigenvalue weighted by molar-refractivity contribution is -0.122. The predicted octanol–water partition coefficient (Wildman–Crippen LogP) is -0.977. The van der Waals surface area contributed by atoms with E-state index in [0.717, 1.165) is 0 Å². The molecule has 2 saturated carbocycles. The Bertz CT molecular complexity index is 754. The van der Waals surface area contributed by atoms with Crippen LogP contribution in [0, 0.1) is 11.3 Å². The van der Waals surface area contributed by atoms with Gasteiger partial charge in [0.15, 0.2) is 11.5 Å². The number of nitrogens with two attached hydrogens (primary N) is 1. The molecule has 3 unspecified atom stereocenters. The van der Waals surface area contributed by atoms with E-state index >= 15 is 0 Å². The summed E-state index contributed by atoms with van der Waals surface area (Å²) < 4.78 is 15.1. The number of nitrogens with zero attached hydrogens (tertiary/aromatic N) is 4. The summed E-state index contributed by atoms with van der Waals surface area (Å²) in [6.07, 6.45) is 1.85. The summed E-state index contributed by atoms with van der Waals surface area (Å²) in [6, 6.07) is -0.765. The molecule has 0 spiro atoms. The fourth-order valence-electron chi connectivity index (χ4n) is 4.03. The second-order valence-corrected chi connectivity index (χ2v) is 6.26. The Morgan fingerprint density at radius 1 is 1.41 bits per heavy atom. The summed E-state index contributed by atoms with van der Waals surface area (Å²) in [5, 5.41) is 30.6. The van der Waals surface area contributed by atoms with Gasteiger partial charge in [-0.05, 0) is 12.3 Å². The number of halogens is 1. The van der Waals surface area contributed by atoms with E-state index in [1.54, 1.807) is 0 Å². The number of imidazole rings is 1. The maximum absolute atomic E-state index is 13.6. The maximum Gasteiger partial charge on any atom is 0.165 e. The normalized spacial score (nSPS) is 40.1. The highest BCUT2D eigenvalue weighted by molar-refractivity contribution is 5.81. The quantitative estimate of drug-likeness (QED) is 0.573. The highest BCUT2D eigenvalue weighted by Crippen LogP contribution is 2.70. The number of alkyl halides is 1. The first kappa shape index (κ1) is 13.8. The molecule has 5 atom stereocenters. The minimum absolute atomic E-state index is 0.190. The number of aliphatic hydroxyl groups excluding tert-OH is 2. The van der Waals surface area contributed by atoms with Crippen LogP contribution in [0.2, 0.25) is 0 Å². The van der Waals surface area contributed by atoms with Crippen LogP contribution >= 0.6 is 0 Å². The van der Waals surface area contributed by atoms with Gasteiger partial charge in [0.1, 0.15) is 24.1 Å². The summed E-state index contributed by atoms with van der Waals surface area (Å²) in [4.78, 5) is 12.1. The molecule has 0 saturated heterocycles. The van der Waals surface area contributed by atoms with Crippen molar-refractivity contribution in [2.75, 3.05) is 19.0 Å². The SMILES string of the molecule is Nc1ncnc2c1ncn2[C@@H]1C2C[C@@]2(CO)C(O)C1(O)CF. The van der Waals surface area contributed by atoms with Crippen LogP contribution < -0.4 is 5.73 Å². The Morgan fingerprint density at radius 2 is 2.18 bits per heavy atom. The molecule has 2 aliphatic rings. The minimum atomic E-state index is -1.99. The Morgan fingerprint density at radius 3 is 2.86 bits per heavy atom. The first-order chi connectivity index (χ1) is 10.5. The van der Waals surface area contributed by atoms with E-state index < -0.39 is 29.8 Å². The fraction of sp³-hybridized carbons (Fsp3) is 0.615. The molecule has 118 valence electrons. The second kappa shape index (κ2) is 4.12. The topological polar surface area (TPSA) is 130 Å². The van der Waals surface area contributed by atoms with Crippen molar-refractivity contribution in [1.29, 1.82) is 0 Å². The van der Waals surface area contributed by atoms with Crippen molar-refractivity contribution in [3.63, 3.8) is 0 Å². The lowest BCUT2D eigenvalue weighted by Gasteiger charge is -2.35. The monoisotopic (exact) mass is 309 g/mol. The van der Waals surface area contributed by atoms with Gasteiger partial charge in [-0.2, -0.15) is 0 Å². The molecule has 8 nitrogen and oxygen atoms in total. The molecule has 0 radical (unpaired) electrons. The molecule has 2 aromatic rings. The fourth-order valence-corrected chi connectivity index (χ4v) is 4.03. The van der Waals surface area contributed by atoms with Gasteiger partial charge in [0.2, 0.25) is 0 Å². The van der Waals surface area contributed by atoms with Crippen LogP contribution in [0.3, 0.4) is 0 Å². The lowest BCUT2D eigenvalue weighted by atomic mass is 9.88. The van der Waals surface area contributed by atoms with E-state index in [9.17, 15) is 19.7 Å². The number of nitrogen functional groups attached to an aromatic ring is 1. The number of aromatic nitrogens is 4. The van der Waals surface area contributed by atoms with E-state index in [0.29, 0.717) is 17.6 Å². The van der Waals surface area contributed by atoms with E-state index in [2.05, 4.69) is 15.0 Å². The average molecular weight is 309 g/mol. The van der Waals surface area contributed by atoms with Gasteiger partial charge in [-0.25, -0.2) is 19.3 Å². The summed E-state index contributed by atoms with van der Waals surface area (Å²) in [5.74, 6) is -0.0582. The van der Waals surface area contributed by atoms with Crippen molar-refractivity contribution in [3.05, 3.63) is 12.7 Å². The average Bonchev–Trinajstić information content (AvgIpc) is 3.04. The second-order valence-electron chi connectivity index (χ2n) is 6.26. The first-order valence-electron chi connectivity index (χ1n) is 7.00. The van der Waals surface area contributed by atoms with E-state index in [-0.39, 0.29) is 18.3 Å². The molecular formula is C13H16FN5O3. The van der Waals surface area contributed by atoms with Gasteiger partial charge in [-0.15, -0.1) is 0 Å². The highest BCUT2D eigenvalue weighted by atomic mass is 19.1. The number of fused-ring (bicyclic) bond motifs is 2. The molecule has 5 N–H and O–H groups in total. The van der Waals surface area contributed by atoms with E-state index in [1.807, 2.05) is 0 Å². The van der Waals surface area contributed by atoms with Gasteiger partial charge in [-0.3, -0.25) is 0 Å². The zero-order chi connectivity index (χ0) is 15.7. The third-order valence-electron chi connectivity index (χ3n) is 5.28. The molecule has 9 heteroatoms. The molecule has 2 heterocycles. The van der Waals surface area contributed by atoms with Crippen LogP contribution in [0.4, 0.5) is 10.2 Å². The van der Waals surface area contributed by atoms with Crippen molar-refractivity contribution in [1.82, 2.24) is 19.5 Å². The van der Waals surface area contributed by atoms with Crippen molar-refractivity contribution in [3.8, 4) is 0 Å². The minimum Gasteiger partial charge on any atom is -0.396 e. The van der Waals surface area contributed by atoms with E-state index in [4.69, 9.17) is 5.73 Å². The summed E-state index contributed by atoms with van der Waals surface area (Å²) in [5.41, 5.74) is 3.63. The Hall–Kier alpha value is -1.84. The van der Waals surface area contributed by atoms with Crippen molar-refractivity contribution < 1.29 is 19.7 Å². The largest absolute Gasteiger partial charge is 0.396 e. The lowest BCUT2D eigenvalue weighted by Crippen LogP contribution is -2.51. The highest BCUT2D eigenvalue weighted by Gasteiger charge is 2.77. The smallest absolute Gasteiger partial charge is 0.165 e. The van der Waals surface area contributed by atoms with Gasteiger partial charge >= 0.3 is 0 Å². The number of hydrogen-bond acceptors (Lipinski definition) is 7. The summed E-state index contributed by atoms with van der Waals surface area (Å²) in [6.45, 7) is -1.43. The zero-order valence-corrected chi connectivity index (χ0v) is 11.6. The molecule has 22 heavy (non-hydrogen) atoms. The van der Waals surface area contributed by atoms with Crippen molar-refractivity contribution in [2.45, 2.75) is 24.2 Å². The molecule has 0 bridgehead atoms. The van der Waals surface area contributed by atoms with E-state index in [1.165, 1.54) is 17.2 Å². The molecule has 2 aliphatic carbocycles. The summed E-state index contributed by atoms with van der Waals surface area (Å²) in [7, 11) is 0. The third kappa shape index (κ3) is 1.38.